The van der Waals surface area contributed by atoms with Crippen molar-refractivity contribution in [3.8, 4) is 5.75 Å². The number of aromatic hydroxyl groups is 1. The van der Waals surface area contributed by atoms with Crippen molar-refractivity contribution in [2.45, 2.75) is 31.8 Å². The Morgan fingerprint density at radius 3 is 2.89 bits per heavy atom. The van der Waals surface area contributed by atoms with Gasteiger partial charge < -0.3 is 15.3 Å². The Balaban J connectivity index is 1.96. The molecular weight excluding hydrogens is 228 g/mol. The Morgan fingerprint density at radius 2 is 2.22 bits per heavy atom. The quantitative estimate of drug-likeness (QED) is 0.852. The van der Waals surface area contributed by atoms with Gasteiger partial charge in [0.2, 0.25) is 5.91 Å². The van der Waals surface area contributed by atoms with Crippen LogP contribution < -0.4 is 5.32 Å². The monoisotopic (exact) mass is 248 g/mol. The zero-order valence-corrected chi connectivity index (χ0v) is 10.7. The number of likely N-dealkylation sites (N-methyl/N-ethyl adjacent to an activating group) is 1. The molecular formula is C14H20N2O2. The van der Waals surface area contributed by atoms with E-state index in [2.05, 4.69) is 5.32 Å². The van der Waals surface area contributed by atoms with Crippen LogP contribution in [0.2, 0.25) is 0 Å². The highest BCUT2D eigenvalue weighted by atomic mass is 16.3. The summed E-state index contributed by atoms with van der Waals surface area (Å²) in [5, 5.41) is 12.9. The van der Waals surface area contributed by atoms with E-state index in [9.17, 15) is 9.90 Å². The zero-order valence-electron chi connectivity index (χ0n) is 10.7. The van der Waals surface area contributed by atoms with Crippen LogP contribution in [0.25, 0.3) is 0 Å². The van der Waals surface area contributed by atoms with Crippen LogP contribution in [0.4, 0.5) is 0 Å². The molecule has 1 aliphatic heterocycles. The molecule has 0 aliphatic carbocycles. The van der Waals surface area contributed by atoms with Gasteiger partial charge in [-0.05, 0) is 25.5 Å². The van der Waals surface area contributed by atoms with Gasteiger partial charge in [-0.1, -0.05) is 24.6 Å². The minimum Gasteiger partial charge on any atom is -0.508 e. The lowest BCUT2D eigenvalue weighted by Gasteiger charge is -2.27. The van der Waals surface area contributed by atoms with Crippen LogP contribution in [0.1, 0.15) is 24.8 Å². The van der Waals surface area contributed by atoms with Crippen molar-refractivity contribution in [1.29, 1.82) is 0 Å². The molecule has 1 saturated heterocycles. The van der Waals surface area contributed by atoms with Crippen molar-refractivity contribution in [2.75, 3.05) is 13.6 Å². The number of phenolic OH excluding ortho intramolecular Hbond substituents is 1. The van der Waals surface area contributed by atoms with Crippen molar-refractivity contribution in [2.24, 2.45) is 0 Å². The molecule has 4 heteroatoms. The van der Waals surface area contributed by atoms with Crippen molar-refractivity contribution >= 4 is 5.91 Å². The third-order valence-corrected chi connectivity index (χ3v) is 3.38. The van der Waals surface area contributed by atoms with Crippen LogP contribution in [-0.4, -0.2) is 35.5 Å². The standard InChI is InChI=1S/C14H20N2O2/c1-16(10-11-6-2-3-8-13(11)17)14(18)12-7-4-5-9-15-12/h2-3,6,8,12,15,17H,4-5,7,9-10H2,1H3/t12-/m1/s1. The number of hydrogen-bond acceptors (Lipinski definition) is 3. The van der Waals surface area contributed by atoms with Gasteiger partial charge >= 0.3 is 0 Å². The summed E-state index contributed by atoms with van der Waals surface area (Å²) in [6, 6.07) is 7.07. The second-order valence-corrected chi connectivity index (χ2v) is 4.83. The van der Waals surface area contributed by atoms with E-state index < -0.39 is 0 Å². The first-order valence-corrected chi connectivity index (χ1v) is 6.43. The van der Waals surface area contributed by atoms with Crippen LogP contribution in [0.3, 0.4) is 0 Å². The van der Waals surface area contributed by atoms with Gasteiger partial charge in [-0.2, -0.15) is 0 Å². The molecule has 0 bridgehead atoms. The molecule has 1 fully saturated rings. The molecule has 1 amide bonds. The fraction of sp³-hybridized carbons (Fsp3) is 0.500. The van der Waals surface area contributed by atoms with E-state index in [1.54, 1.807) is 24.1 Å². The lowest BCUT2D eigenvalue weighted by molar-refractivity contribution is -0.133. The highest BCUT2D eigenvalue weighted by molar-refractivity contribution is 5.81. The average molecular weight is 248 g/mol. The fourth-order valence-corrected chi connectivity index (χ4v) is 2.31. The van der Waals surface area contributed by atoms with E-state index in [1.165, 1.54) is 0 Å². The second-order valence-electron chi connectivity index (χ2n) is 4.83. The van der Waals surface area contributed by atoms with E-state index in [1.807, 2.05) is 12.1 Å². The Kier molecular flexibility index (Phi) is 4.20. The lowest BCUT2D eigenvalue weighted by Crippen LogP contribution is -2.46. The van der Waals surface area contributed by atoms with Crippen molar-refractivity contribution < 1.29 is 9.90 Å². The largest absolute Gasteiger partial charge is 0.508 e. The smallest absolute Gasteiger partial charge is 0.239 e. The molecule has 1 aromatic carbocycles. The van der Waals surface area contributed by atoms with E-state index in [-0.39, 0.29) is 17.7 Å². The fourth-order valence-electron chi connectivity index (χ4n) is 2.31. The highest BCUT2D eigenvalue weighted by Gasteiger charge is 2.23. The molecule has 2 rings (SSSR count). The third-order valence-electron chi connectivity index (χ3n) is 3.38. The van der Waals surface area contributed by atoms with Crippen LogP contribution in [0, 0.1) is 0 Å². The van der Waals surface area contributed by atoms with Crippen LogP contribution >= 0.6 is 0 Å². The molecule has 0 spiro atoms. The highest BCUT2D eigenvalue weighted by Crippen LogP contribution is 2.18. The molecule has 1 aromatic rings. The summed E-state index contributed by atoms with van der Waals surface area (Å²) in [5.74, 6) is 0.353. The number of carbonyl (C=O) groups is 1. The van der Waals surface area contributed by atoms with Gasteiger partial charge in [0.15, 0.2) is 0 Å². The summed E-state index contributed by atoms with van der Waals surface area (Å²) >= 11 is 0. The predicted molar refractivity (Wildman–Crippen MR) is 70.2 cm³/mol. The summed E-state index contributed by atoms with van der Waals surface area (Å²) in [6.45, 7) is 1.37. The van der Waals surface area contributed by atoms with Gasteiger partial charge in [0, 0.05) is 19.2 Å². The van der Waals surface area contributed by atoms with Crippen molar-refractivity contribution in [1.82, 2.24) is 10.2 Å². The molecule has 1 aliphatic rings. The maximum Gasteiger partial charge on any atom is 0.239 e. The average Bonchev–Trinajstić information content (AvgIpc) is 2.41. The Bertz CT molecular complexity index is 414. The van der Waals surface area contributed by atoms with Crippen LogP contribution in [0.15, 0.2) is 24.3 Å². The molecule has 4 nitrogen and oxygen atoms in total. The number of amides is 1. The molecule has 0 unspecified atom stereocenters. The number of piperidine rings is 1. The summed E-state index contributed by atoms with van der Waals surface area (Å²) < 4.78 is 0. The van der Waals surface area contributed by atoms with Gasteiger partial charge in [0.1, 0.15) is 5.75 Å². The summed E-state index contributed by atoms with van der Waals surface area (Å²) in [4.78, 5) is 13.9. The van der Waals surface area contributed by atoms with Crippen LogP contribution in [0.5, 0.6) is 5.75 Å². The van der Waals surface area contributed by atoms with Gasteiger partial charge in [-0.3, -0.25) is 4.79 Å². The number of benzene rings is 1. The first kappa shape index (κ1) is 12.9. The molecule has 2 N–H and O–H groups in total. The number of nitrogens with zero attached hydrogens (tertiary/aromatic N) is 1. The number of para-hydroxylation sites is 1. The maximum absolute atomic E-state index is 12.2. The van der Waals surface area contributed by atoms with Crippen molar-refractivity contribution in [3.63, 3.8) is 0 Å². The topological polar surface area (TPSA) is 52.6 Å². The molecule has 0 saturated carbocycles. The second kappa shape index (κ2) is 5.87. The van der Waals surface area contributed by atoms with Gasteiger partial charge in [0.05, 0.1) is 6.04 Å². The minimum absolute atomic E-state index is 0.0606. The normalized spacial score (nSPS) is 19.5. The summed E-state index contributed by atoms with van der Waals surface area (Å²) in [6.07, 6.45) is 3.16. The molecule has 1 heterocycles. The Labute approximate surface area is 108 Å². The molecule has 0 radical (unpaired) electrons. The number of carbonyl (C=O) groups excluding carboxylic acids is 1. The van der Waals surface area contributed by atoms with E-state index in [4.69, 9.17) is 0 Å². The van der Waals surface area contributed by atoms with E-state index in [0.717, 1.165) is 31.4 Å². The lowest BCUT2D eigenvalue weighted by atomic mass is 10.0. The Hall–Kier alpha value is -1.55. The Morgan fingerprint density at radius 1 is 1.44 bits per heavy atom. The molecule has 18 heavy (non-hydrogen) atoms. The SMILES string of the molecule is CN(Cc1ccccc1O)C(=O)[C@H]1CCCCN1. The summed E-state index contributed by atoms with van der Waals surface area (Å²) in [5.41, 5.74) is 0.782. The number of phenols is 1. The van der Waals surface area contributed by atoms with Crippen LogP contribution in [-0.2, 0) is 11.3 Å². The van der Waals surface area contributed by atoms with Crippen molar-refractivity contribution in [3.05, 3.63) is 29.8 Å². The molecule has 1 atom stereocenters. The first-order valence-electron chi connectivity index (χ1n) is 6.43. The van der Waals surface area contributed by atoms with E-state index in [0.29, 0.717) is 6.54 Å². The molecule has 98 valence electrons. The van der Waals surface area contributed by atoms with E-state index >= 15 is 0 Å². The molecule has 0 aromatic heterocycles. The van der Waals surface area contributed by atoms with Gasteiger partial charge in [0.25, 0.3) is 0 Å². The number of rotatable bonds is 3. The van der Waals surface area contributed by atoms with Gasteiger partial charge in [-0.15, -0.1) is 0 Å². The first-order chi connectivity index (χ1) is 8.68. The van der Waals surface area contributed by atoms with Gasteiger partial charge in [-0.25, -0.2) is 0 Å². The third kappa shape index (κ3) is 3.01. The summed E-state index contributed by atoms with van der Waals surface area (Å²) in [7, 11) is 1.78. The zero-order chi connectivity index (χ0) is 13.0. The number of hydrogen-bond donors (Lipinski definition) is 2. The minimum atomic E-state index is -0.0606. The number of nitrogens with one attached hydrogen (secondary N) is 1. The predicted octanol–water partition coefficient (Wildman–Crippen LogP) is 1.49. The maximum atomic E-state index is 12.2.